The molecule has 0 amide bonds. The van der Waals surface area contributed by atoms with Gasteiger partial charge in [-0.05, 0) is 30.7 Å². The third-order valence-electron chi connectivity index (χ3n) is 3.23. The van der Waals surface area contributed by atoms with Crippen LogP contribution in [0.1, 0.15) is 30.3 Å². The van der Waals surface area contributed by atoms with Crippen LogP contribution < -0.4 is 5.73 Å². The molecular formula is C13H13Cl2N3OS. The molecule has 2 aromatic rings. The lowest BCUT2D eigenvalue weighted by Gasteiger charge is -2.17. The van der Waals surface area contributed by atoms with Crippen molar-refractivity contribution in [2.24, 2.45) is 0 Å². The van der Waals surface area contributed by atoms with Gasteiger partial charge in [0, 0.05) is 5.02 Å². The van der Waals surface area contributed by atoms with Crippen molar-refractivity contribution in [2.45, 2.75) is 24.5 Å². The second kappa shape index (κ2) is 5.84. The highest BCUT2D eigenvalue weighted by molar-refractivity contribution is 7.99. The van der Waals surface area contributed by atoms with Gasteiger partial charge in [0.15, 0.2) is 5.82 Å². The molecule has 1 fully saturated rings. The molecule has 1 saturated heterocycles. The van der Waals surface area contributed by atoms with Gasteiger partial charge in [0.2, 0.25) is 0 Å². The molecule has 2 N–H and O–H groups in total. The SMILES string of the molecule is Nc1c(Cl)cc(Cl)cc1-c1nc(C2CCCCS2)no1. The zero-order chi connectivity index (χ0) is 14.1. The van der Waals surface area contributed by atoms with Gasteiger partial charge in [0.25, 0.3) is 5.89 Å². The first kappa shape index (κ1) is 14.0. The summed E-state index contributed by atoms with van der Waals surface area (Å²) in [5, 5.41) is 5.25. The fourth-order valence-corrected chi connectivity index (χ4v) is 3.91. The van der Waals surface area contributed by atoms with Crippen LogP contribution in [0.4, 0.5) is 5.69 Å². The molecule has 20 heavy (non-hydrogen) atoms. The summed E-state index contributed by atoms with van der Waals surface area (Å²) >= 11 is 13.9. The van der Waals surface area contributed by atoms with Gasteiger partial charge in [-0.2, -0.15) is 16.7 Å². The molecule has 7 heteroatoms. The number of anilines is 1. The minimum Gasteiger partial charge on any atom is -0.397 e. The van der Waals surface area contributed by atoms with Gasteiger partial charge in [-0.3, -0.25) is 0 Å². The van der Waals surface area contributed by atoms with Gasteiger partial charge >= 0.3 is 0 Å². The Labute approximate surface area is 131 Å². The quantitative estimate of drug-likeness (QED) is 0.816. The van der Waals surface area contributed by atoms with Gasteiger partial charge in [-0.15, -0.1) is 0 Å². The highest BCUT2D eigenvalue weighted by atomic mass is 35.5. The molecule has 1 aliphatic heterocycles. The van der Waals surface area contributed by atoms with Crippen molar-refractivity contribution in [1.29, 1.82) is 0 Å². The number of benzene rings is 1. The summed E-state index contributed by atoms with van der Waals surface area (Å²) in [5.41, 5.74) is 6.94. The number of thioether (sulfide) groups is 1. The highest BCUT2D eigenvalue weighted by Crippen LogP contribution is 2.39. The molecule has 1 aromatic heterocycles. The predicted octanol–water partition coefficient (Wildman–Crippen LogP) is 4.58. The Bertz CT molecular complexity index is 626. The molecule has 0 spiro atoms. The van der Waals surface area contributed by atoms with Gasteiger partial charge in [0.05, 0.1) is 21.5 Å². The standard InChI is InChI=1S/C13H13Cl2N3OS/c14-7-5-8(11(16)9(15)6-7)13-17-12(18-19-13)10-3-1-2-4-20-10/h5-6,10H,1-4,16H2. The first-order valence-electron chi connectivity index (χ1n) is 6.35. The van der Waals surface area contributed by atoms with Crippen LogP contribution >= 0.6 is 35.0 Å². The van der Waals surface area contributed by atoms with E-state index in [1.54, 1.807) is 12.1 Å². The summed E-state index contributed by atoms with van der Waals surface area (Å²) in [5.74, 6) is 2.23. The Kier molecular flexibility index (Phi) is 4.10. The van der Waals surface area contributed by atoms with Crippen LogP contribution in [0.15, 0.2) is 16.7 Å². The minimum atomic E-state index is 0.303. The van der Waals surface area contributed by atoms with Crippen LogP contribution in [0.3, 0.4) is 0 Å². The van der Waals surface area contributed by atoms with Crippen LogP contribution in [0, 0.1) is 0 Å². The van der Waals surface area contributed by atoms with E-state index in [1.807, 2.05) is 11.8 Å². The average Bonchev–Trinajstić information content (AvgIpc) is 2.93. The molecule has 2 heterocycles. The van der Waals surface area contributed by atoms with Crippen molar-refractivity contribution < 1.29 is 4.52 Å². The van der Waals surface area contributed by atoms with E-state index in [0.717, 1.165) is 18.0 Å². The minimum absolute atomic E-state index is 0.303. The van der Waals surface area contributed by atoms with Crippen LogP contribution in [-0.4, -0.2) is 15.9 Å². The zero-order valence-corrected chi connectivity index (χ0v) is 12.9. The summed E-state index contributed by atoms with van der Waals surface area (Å²) in [7, 11) is 0. The number of hydrogen-bond donors (Lipinski definition) is 1. The average molecular weight is 330 g/mol. The fourth-order valence-electron chi connectivity index (χ4n) is 2.18. The summed E-state index contributed by atoms with van der Waals surface area (Å²) in [6, 6.07) is 3.28. The van der Waals surface area contributed by atoms with Gasteiger partial charge in [0.1, 0.15) is 0 Å². The van der Waals surface area contributed by atoms with Crippen LogP contribution in [0.5, 0.6) is 0 Å². The number of nitrogens with zero attached hydrogens (tertiary/aromatic N) is 2. The third kappa shape index (κ3) is 2.75. The van der Waals surface area contributed by atoms with Gasteiger partial charge in [-0.1, -0.05) is 34.8 Å². The molecular weight excluding hydrogens is 317 g/mol. The van der Waals surface area contributed by atoms with E-state index in [0.29, 0.717) is 32.4 Å². The molecule has 0 saturated carbocycles. The number of hydrogen-bond acceptors (Lipinski definition) is 5. The molecule has 3 rings (SSSR count). The Morgan fingerprint density at radius 2 is 2.15 bits per heavy atom. The van der Waals surface area contributed by atoms with E-state index in [9.17, 15) is 0 Å². The largest absolute Gasteiger partial charge is 0.397 e. The lowest BCUT2D eigenvalue weighted by molar-refractivity contribution is 0.420. The molecule has 0 aliphatic carbocycles. The van der Waals surface area contributed by atoms with Crippen molar-refractivity contribution >= 4 is 40.7 Å². The van der Waals surface area contributed by atoms with Crippen molar-refractivity contribution in [3.63, 3.8) is 0 Å². The number of nitrogens with two attached hydrogens (primary N) is 1. The van der Waals surface area contributed by atoms with Crippen molar-refractivity contribution in [1.82, 2.24) is 10.1 Å². The zero-order valence-electron chi connectivity index (χ0n) is 10.6. The van der Waals surface area contributed by atoms with Gasteiger partial charge in [-0.25, -0.2) is 0 Å². The molecule has 0 bridgehead atoms. The first-order valence-corrected chi connectivity index (χ1v) is 8.15. The summed E-state index contributed by atoms with van der Waals surface area (Å²) in [6.07, 6.45) is 3.53. The maximum absolute atomic E-state index is 6.02. The highest BCUT2D eigenvalue weighted by Gasteiger charge is 2.23. The van der Waals surface area contributed by atoms with E-state index in [2.05, 4.69) is 10.1 Å². The Hall–Kier alpha value is -0.910. The number of aromatic nitrogens is 2. The lowest BCUT2D eigenvalue weighted by atomic mass is 10.1. The Balaban J connectivity index is 1.93. The molecule has 4 nitrogen and oxygen atoms in total. The number of halogens is 2. The topological polar surface area (TPSA) is 64.9 Å². The Morgan fingerprint density at radius 1 is 1.30 bits per heavy atom. The monoisotopic (exact) mass is 329 g/mol. The van der Waals surface area contributed by atoms with Crippen molar-refractivity contribution in [3.05, 3.63) is 28.0 Å². The molecule has 1 aromatic carbocycles. The second-order valence-electron chi connectivity index (χ2n) is 4.66. The van der Waals surface area contributed by atoms with Gasteiger partial charge < -0.3 is 10.3 Å². The maximum Gasteiger partial charge on any atom is 0.260 e. The summed E-state index contributed by atoms with van der Waals surface area (Å²) < 4.78 is 5.32. The van der Waals surface area contributed by atoms with Crippen LogP contribution in [0.2, 0.25) is 10.0 Å². The molecule has 1 atom stereocenters. The third-order valence-corrected chi connectivity index (χ3v) is 5.14. The second-order valence-corrected chi connectivity index (χ2v) is 6.82. The van der Waals surface area contributed by atoms with Crippen LogP contribution in [-0.2, 0) is 0 Å². The molecule has 1 aliphatic rings. The predicted molar refractivity (Wildman–Crippen MR) is 83.2 cm³/mol. The van der Waals surface area contributed by atoms with E-state index in [1.165, 1.54) is 12.8 Å². The lowest BCUT2D eigenvalue weighted by Crippen LogP contribution is -2.03. The van der Waals surface area contributed by atoms with E-state index >= 15 is 0 Å². The normalized spacial score (nSPS) is 19.2. The molecule has 0 radical (unpaired) electrons. The number of rotatable bonds is 2. The van der Waals surface area contributed by atoms with Crippen LogP contribution in [0.25, 0.3) is 11.5 Å². The summed E-state index contributed by atoms with van der Waals surface area (Å²) in [4.78, 5) is 4.45. The van der Waals surface area contributed by atoms with E-state index in [4.69, 9.17) is 33.5 Å². The van der Waals surface area contributed by atoms with E-state index in [-0.39, 0.29) is 0 Å². The first-order chi connectivity index (χ1) is 9.65. The van der Waals surface area contributed by atoms with Crippen molar-refractivity contribution in [2.75, 3.05) is 11.5 Å². The molecule has 1 unspecified atom stereocenters. The number of nitrogen functional groups attached to an aromatic ring is 1. The molecule has 106 valence electrons. The summed E-state index contributed by atoms with van der Waals surface area (Å²) in [6.45, 7) is 0. The maximum atomic E-state index is 6.02. The van der Waals surface area contributed by atoms with Crippen molar-refractivity contribution in [3.8, 4) is 11.5 Å². The smallest absolute Gasteiger partial charge is 0.260 e. The fraction of sp³-hybridized carbons (Fsp3) is 0.385. The Morgan fingerprint density at radius 3 is 2.90 bits per heavy atom. The van der Waals surface area contributed by atoms with E-state index < -0.39 is 0 Å².